The Hall–Kier alpha value is -1.83. The van der Waals surface area contributed by atoms with Crippen LogP contribution in [0.15, 0.2) is 10.9 Å². The number of unbranched alkanes of at least 4 members (excludes halogenated alkanes) is 1. The minimum absolute atomic E-state index is 0.159. The van der Waals surface area contributed by atoms with Crippen LogP contribution in [0.1, 0.15) is 18.7 Å². The third-order valence-electron chi connectivity index (χ3n) is 1.89. The molecule has 0 spiro atoms. The molecule has 5 heteroatoms. The molecule has 14 heavy (non-hydrogen) atoms. The molecule has 0 atom stereocenters. The maximum atomic E-state index is 11.4. The first-order valence-electron chi connectivity index (χ1n) is 4.36. The summed E-state index contributed by atoms with van der Waals surface area (Å²) < 4.78 is 1.52. The molecule has 0 aliphatic carbocycles. The first kappa shape index (κ1) is 10.3. The Morgan fingerprint density at radius 3 is 3.00 bits per heavy atom. The quantitative estimate of drug-likeness (QED) is 0.704. The summed E-state index contributed by atoms with van der Waals surface area (Å²) in [5.74, 6) is 0.831. The van der Waals surface area contributed by atoms with E-state index in [1.165, 1.54) is 10.6 Å². The molecule has 0 amide bonds. The predicted octanol–water partition coefficient (Wildman–Crippen LogP) is 0.438. The highest BCUT2D eigenvalue weighted by Gasteiger charge is 2.02. The van der Waals surface area contributed by atoms with Crippen molar-refractivity contribution in [3.63, 3.8) is 0 Å². The topological polar surface area (TPSA) is 84.7 Å². The average Bonchev–Trinajstić information content (AvgIpc) is 2.09. The second-order valence-electron chi connectivity index (χ2n) is 2.98. The Bertz CT molecular complexity index is 416. The number of nitrogen functional groups attached to an aromatic ring is 1. The predicted molar refractivity (Wildman–Crippen MR) is 52.5 cm³/mol. The lowest BCUT2D eigenvalue weighted by molar-refractivity contribution is 0.601. The molecule has 0 fully saturated rings. The average molecular weight is 192 g/mol. The van der Waals surface area contributed by atoms with Crippen molar-refractivity contribution in [2.75, 3.05) is 5.73 Å². The Kier molecular flexibility index (Phi) is 3.24. The number of hydrogen-bond acceptors (Lipinski definition) is 4. The van der Waals surface area contributed by atoms with E-state index in [0.29, 0.717) is 25.2 Å². The highest BCUT2D eigenvalue weighted by atomic mass is 16.1. The van der Waals surface area contributed by atoms with Gasteiger partial charge in [0, 0.05) is 19.0 Å². The molecule has 0 radical (unpaired) electrons. The normalized spacial score (nSPS) is 9.71. The van der Waals surface area contributed by atoms with Gasteiger partial charge in [-0.25, -0.2) is 4.98 Å². The summed E-state index contributed by atoms with van der Waals surface area (Å²) in [6.07, 6.45) is 1.10. The van der Waals surface area contributed by atoms with Crippen molar-refractivity contribution in [1.82, 2.24) is 9.55 Å². The van der Waals surface area contributed by atoms with Gasteiger partial charge in [0.2, 0.25) is 0 Å². The van der Waals surface area contributed by atoms with Crippen molar-refractivity contribution in [2.24, 2.45) is 0 Å². The second-order valence-corrected chi connectivity index (χ2v) is 2.98. The molecular weight excluding hydrogens is 180 g/mol. The lowest BCUT2D eigenvalue weighted by atomic mass is 10.3. The fourth-order valence-corrected chi connectivity index (χ4v) is 1.23. The maximum Gasteiger partial charge on any atom is 0.255 e. The summed E-state index contributed by atoms with van der Waals surface area (Å²) in [5.41, 5.74) is 5.25. The number of aromatic nitrogens is 2. The fraction of sp³-hybridized carbons (Fsp3) is 0.444. The number of hydrogen-bond donors (Lipinski definition) is 1. The third-order valence-corrected chi connectivity index (χ3v) is 1.89. The van der Waals surface area contributed by atoms with Crippen LogP contribution in [0.3, 0.4) is 0 Å². The summed E-state index contributed by atoms with van der Waals surface area (Å²) in [6, 6.07) is 3.32. The van der Waals surface area contributed by atoms with E-state index >= 15 is 0 Å². The number of anilines is 1. The summed E-state index contributed by atoms with van der Waals surface area (Å²) in [5, 5.41) is 8.35. The van der Waals surface area contributed by atoms with Crippen LogP contribution < -0.4 is 11.3 Å². The lowest BCUT2D eigenvalue weighted by Gasteiger charge is -2.07. The van der Waals surface area contributed by atoms with Crippen LogP contribution in [0.25, 0.3) is 0 Å². The summed E-state index contributed by atoms with van der Waals surface area (Å²) >= 11 is 0. The van der Waals surface area contributed by atoms with Gasteiger partial charge >= 0.3 is 0 Å². The van der Waals surface area contributed by atoms with E-state index < -0.39 is 0 Å². The molecule has 0 aromatic carbocycles. The van der Waals surface area contributed by atoms with Crippen LogP contribution in [0.4, 0.5) is 5.82 Å². The second kappa shape index (κ2) is 4.42. The Morgan fingerprint density at radius 1 is 1.71 bits per heavy atom. The van der Waals surface area contributed by atoms with Crippen molar-refractivity contribution in [1.29, 1.82) is 5.26 Å². The van der Waals surface area contributed by atoms with Crippen LogP contribution in [0.2, 0.25) is 0 Å². The lowest BCUT2D eigenvalue weighted by Crippen LogP contribution is -2.23. The van der Waals surface area contributed by atoms with Crippen molar-refractivity contribution in [3.05, 3.63) is 22.2 Å². The van der Waals surface area contributed by atoms with Crippen molar-refractivity contribution in [2.45, 2.75) is 26.3 Å². The highest BCUT2D eigenvalue weighted by molar-refractivity contribution is 5.25. The Morgan fingerprint density at radius 2 is 2.43 bits per heavy atom. The Labute approximate surface area is 81.8 Å². The van der Waals surface area contributed by atoms with Crippen LogP contribution >= 0.6 is 0 Å². The van der Waals surface area contributed by atoms with Crippen molar-refractivity contribution < 1.29 is 0 Å². The minimum atomic E-state index is -0.159. The number of nitrogens with two attached hydrogens (primary N) is 1. The monoisotopic (exact) mass is 192 g/mol. The zero-order valence-electron chi connectivity index (χ0n) is 8.03. The van der Waals surface area contributed by atoms with E-state index in [4.69, 9.17) is 11.0 Å². The van der Waals surface area contributed by atoms with Gasteiger partial charge in [-0.1, -0.05) is 0 Å². The molecule has 0 unspecified atom stereocenters. The third kappa shape index (κ3) is 2.33. The molecule has 5 nitrogen and oxygen atoms in total. The molecule has 2 N–H and O–H groups in total. The van der Waals surface area contributed by atoms with Gasteiger partial charge in [0.25, 0.3) is 5.56 Å². The molecule has 0 saturated heterocycles. The molecule has 1 heterocycles. The van der Waals surface area contributed by atoms with Crippen LogP contribution in [0, 0.1) is 18.3 Å². The van der Waals surface area contributed by atoms with Gasteiger partial charge in [0.1, 0.15) is 11.6 Å². The summed E-state index contributed by atoms with van der Waals surface area (Å²) in [6.45, 7) is 2.25. The van der Waals surface area contributed by atoms with Gasteiger partial charge in [-0.2, -0.15) is 5.26 Å². The number of nitrogens with zero attached hydrogens (tertiary/aromatic N) is 3. The highest BCUT2D eigenvalue weighted by Crippen LogP contribution is 1.98. The summed E-state index contributed by atoms with van der Waals surface area (Å²) in [7, 11) is 0. The number of rotatable bonds is 3. The van der Waals surface area contributed by atoms with Crippen LogP contribution in [0.5, 0.6) is 0 Å². The molecule has 1 aromatic heterocycles. The van der Waals surface area contributed by atoms with E-state index in [1.807, 2.05) is 6.07 Å². The van der Waals surface area contributed by atoms with Gasteiger partial charge < -0.3 is 5.73 Å². The van der Waals surface area contributed by atoms with E-state index in [-0.39, 0.29) is 11.4 Å². The van der Waals surface area contributed by atoms with Gasteiger partial charge in [0.15, 0.2) is 0 Å². The van der Waals surface area contributed by atoms with E-state index in [1.54, 1.807) is 6.92 Å². The molecular formula is C9H12N4O. The van der Waals surface area contributed by atoms with Gasteiger partial charge in [0.05, 0.1) is 6.07 Å². The molecule has 0 aliphatic rings. The standard InChI is InChI=1S/C9H12N4O/c1-7-12-8(11)6-9(14)13(7)5-3-2-4-10/h6H,2-3,5,11H2,1H3. The van der Waals surface area contributed by atoms with Crippen molar-refractivity contribution in [3.8, 4) is 6.07 Å². The van der Waals surface area contributed by atoms with Gasteiger partial charge in [-0.05, 0) is 13.3 Å². The molecule has 0 aliphatic heterocycles. The first-order chi connectivity index (χ1) is 6.65. The van der Waals surface area contributed by atoms with E-state index in [2.05, 4.69) is 4.98 Å². The maximum absolute atomic E-state index is 11.4. The van der Waals surface area contributed by atoms with Crippen LogP contribution in [-0.2, 0) is 6.54 Å². The fourth-order valence-electron chi connectivity index (χ4n) is 1.23. The molecule has 1 rings (SSSR count). The van der Waals surface area contributed by atoms with Gasteiger partial charge in [-0.3, -0.25) is 9.36 Å². The molecule has 1 aromatic rings. The minimum Gasteiger partial charge on any atom is -0.383 e. The summed E-state index contributed by atoms with van der Waals surface area (Å²) in [4.78, 5) is 15.4. The van der Waals surface area contributed by atoms with Crippen molar-refractivity contribution >= 4 is 5.82 Å². The van der Waals surface area contributed by atoms with Crippen LogP contribution in [-0.4, -0.2) is 9.55 Å². The SMILES string of the molecule is Cc1nc(N)cc(=O)n1CCCC#N. The zero-order chi connectivity index (χ0) is 10.6. The largest absolute Gasteiger partial charge is 0.383 e. The smallest absolute Gasteiger partial charge is 0.255 e. The first-order valence-corrected chi connectivity index (χ1v) is 4.36. The Balaban J connectivity index is 2.87. The number of nitriles is 1. The number of aryl methyl sites for hydroxylation is 1. The molecule has 0 saturated carbocycles. The zero-order valence-corrected chi connectivity index (χ0v) is 8.03. The van der Waals surface area contributed by atoms with E-state index in [0.717, 1.165) is 0 Å². The van der Waals surface area contributed by atoms with E-state index in [9.17, 15) is 4.79 Å². The molecule has 74 valence electrons. The molecule has 0 bridgehead atoms. The van der Waals surface area contributed by atoms with Gasteiger partial charge in [-0.15, -0.1) is 0 Å².